The van der Waals surface area contributed by atoms with Crippen LogP contribution in [0.4, 0.5) is 0 Å². The van der Waals surface area contributed by atoms with Crippen LogP contribution in [0.25, 0.3) is 10.9 Å². The third-order valence-corrected chi connectivity index (χ3v) is 5.19. The summed E-state index contributed by atoms with van der Waals surface area (Å²) in [5.74, 6) is 0.858. The van der Waals surface area contributed by atoms with Gasteiger partial charge in [-0.15, -0.1) is 0 Å². The Morgan fingerprint density at radius 2 is 2.08 bits per heavy atom. The minimum atomic E-state index is -0.0162. The van der Waals surface area contributed by atoms with Crippen LogP contribution >= 0.6 is 0 Å². The maximum absolute atomic E-state index is 12.8. The molecule has 1 amide bonds. The van der Waals surface area contributed by atoms with Crippen LogP contribution in [-0.4, -0.2) is 23.1 Å². The summed E-state index contributed by atoms with van der Waals surface area (Å²) in [5, 5.41) is 4.14. The largest absolute Gasteiger partial charge is 0.486 e. The van der Waals surface area contributed by atoms with Crippen LogP contribution in [0.15, 0.2) is 48.5 Å². The lowest BCUT2D eigenvalue weighted by atomic mass is 10.1. The first-order chi connectivity index (χ1) is 12.7. The van der Waals surface area contributed by atoms with Gasteiger partial charge in [0.2, 0.25) is 0 Å². The lowest BCUT2D eigenvalue weighted by Gasteiger charge is -2.26. The predicted octanol–water partition coefficient (Wildman–Crippen LogP) is 4.09. The van der Waals surface area contributed by atoms with Gasteiger partial charge < -0.3 is 14.6 Å². The van der Waals surface area contributed by atoms with Crippen molar-refractivity contribution in [3.63, 3.8) is 0 Å². The second-order valence-electron chi connectivity index (χ2n) is 6.91. The SMILES string of the molecule is CC[C@@H]1Cn2c(C(=O)NCCc3ccccc3C)cc3cccc(c32)O1. The van der Waals surface area contributed by atoms with E-state index in [-0.39, 0.29) is 12.0 Å². The summed E-state index contributed by atoms with van der Waals surface area (Å²) in [6, 6.07) is 16.3. The van der Waals surface area contributed by atoms with Crippen LogP contribution in [-0.2, 0) is 13.0 Å². The average molecular weight is 348 g/mol. The summed E-state index contributed by atoms with van der Waals surface area (Å²) >= 11 is 0. The van der Waals surface area contributed by atoms with Gasteiger partial charge in [-0.3, -0.25) is 4.79 Å². The summed E-state index contributed by atoms with van der Waals surface area (Å²) < 4.78 is 8.16. The van der Waals surface area contributed by atoms with Gasteiger partial charge >= 0.3 is 0 Å². The highest BCUT2D eigenvalue weighted by atomic mass is 16.5. The molecular formula is C22H24N2O2. The molecule has 26 heavy (non-hydrogen) atoms. The fourth-order valence-electron chi connectivity index (χ4n) is 3.69. The Kier molecular flexibility index (Phi) is 4.41. The number of carbonyl (C=O) groups is 1. The number of hydrogen-bond acceptors (Lipinski definition) is 2. The fourth-order valence-corrected chi connectivity index (χ4v) is 3.69. The molecule has 3 aromatic rings. The fraction of sp³-hybridized carbons (Fsp3) is 0.318. The van der Waals surface area contributed by atoms with Gasteiger partial charge in [0.1, 0.15) is 17.5 Å². The zero-order valence-electron chi connectivity index (χ0n) is 15.3. The van der Waals surface area contributed by atoms with Crippen molar-refractivity contribution < 1.29 is 9.53 Å². The lowest BCUT2D eigenvalue weighted by Crippen LogP contribution is -2.32. The number of nitrogens with one attached hydrogen (secondary N) is 1. The minimum absolute atomic E-state index is 0.0162. The van der Waals surface area contributed by atoms with E-state index < -0.39 is 0 Å². The molecule has 1 aliphatic heterocycles. The third kappa shape index (κ3) is 2.96. The van der Waals surface area contributed by atoms with Crippen LogP contribution < -0.4 is 10.1 Å². The molecular weight excluding hydrogens is 324 g/mol. The van der Waals surface area contributed by atoms with E-state index in [1.807, 2.05) is 36.4 Å². The highest BCUT2D eigenvalue weighted by Gasteiger charge is 2.25. The molecule has 1 atom stereocenters. The van der Waals surface area contributed by atoms with Gasteiger partial charge in [-0.2, -0.15) is 0 Å². The topological polar surface area (TPSA) is 43.3 Å². The van der Waals surface area contributed by atoms with Crippen LogP contribution in [0.5, 0.6) is 5.75 Å². The van der Waals surface area contributed by atoms with Gasteiger partial charge in [-0.25, -0.2) is 0 Å². The van der Waals surface area contributed by atoms with Gasteiger partial charge in [0.05, 0.1) is 12.1 Å². The second kappa shape index (κ2) is 6.87. The monoisotopic (exact) mass is 348 g/mol. The summed E-state index contributed by atoms with van der Waals surface area (Å²) in [4.78, 5) is 12.8. The Morgan fingerprint density at radius 1 is 1.23 bits per heavy atom. The number of aromatic nitrogens is 1. The van der Waals surface area contributed by atoms with Crippen molar-refractivity contribution in [3.05, 3.63) is 65.4 Å². The molecule has 0 aliphatic carbocycles. The number of aryl methyl sites for hydroxylation is 1. The Bertz CT molecular complexity index is 958. The van der Waals surface area contributed by atoms with Crippen molar-refractivity contribution in [1.29, 1.82) is 0 Å². The smallest absolute Gasteiger partial charge is 0.267 e. The van der Waals surface area contributed by atoms with Crippen molar-refractivity contribution in [1.82, 2.24) is 9.88 Å². The average Bonchev–Trinajstić information content (AvgIpc) is 3.03. The Hall–Kier alpha value is -2.75. The van der Waals surface area contributed by atoms with E-state index in [2.05, 4.69) is 35.9 Å². The molecule has 2 heterocycles. The molecule has 2 aromatic carbocycles. The summed E-state index contributed by atoms with van der Waals surface area (Å²) in [6.07, 6.45) is 1.87. The number of para-hydroxylation sites is 1. The van der Waals surface area contributed by atoms with Crippen LogP contribution in [0.3, 0.4) is 0 Å². The highest BCUT2D eigenvalue weighted by Crippen LogP contribution is 2.34. The number of amides is 1. The first kappa shape index (κ1) is 16.7. The van der Waals surface area contributed by atoms with E-state index >= 15 is 0 Å². The molecule has 0 fully saturated rings. The first-order valence-electron chi connectivity index (χ1n) is 9.29. The first-order valence-corrected chi connectivity index (χ1v) is 9.29. The molecule has 4 heteroatoms. The summed E-state index contributed by atoms with van der Waals surface area (Å²) in [6.45, 7) is 5.57. The molecule has 4 nitrogen and oxygen atoms in total. The molecule has 1 aromatic heterocycles. The van der Waals surface area contributed by atoms with E-state index in [9.17, 15) is 4.79 Å². The maximum Gasteiger partial charge on any atom is 0.267 e. The molecule has 0 unspecified atom stereocenters. The zero-order chi connectivity index (χ0) is 18.1. The third-order valence-electron chi connectivity index (χ3n) is 5.19. The molecule has 4 rings (SSSR count). The summed E-state index contributed by atoms with van der Waals surface area (Å²) in [7, 11) is 0. The molecule has 1 aliphatic rings. The van der Waals surface area contributed by atoms with Crippen molar-refractivity contribution >= 4 is 16.8 Å². The van der Waals surface area contributed by atoms with Crippen LogP contribution in [0, 0.1) is 6.92 Å². The Balaban J connectivity index is 1.55. The van der Waals surface area contributed by atoms with Gasteiger partial charge in [-0.05, 0) is 43.0 Å². The van der Waals surface area contributed by atoms with Gasteiger partial charge in [0.25, 0.3) is 5.91 Å². The van der Waals surface area contributed by atoms with E-state index in [0.29, 0.717) is 6.54 Å². The Morgan fingerprint density at radius 3 is 2.88 bits per heavy atom. The Labute approximate surface area is 153 Å². The van der Waals surface area contributed by atoms with E-state index in [1.165, 1.54) is 11.1 Å². The van der Waals surface area contributed by atoms with Crippen molar-refractivity contribution in [2.24, 2.45) is 0 Å². The van der Waals surface area contributed by atoms with Crippen molar-refractivity contribution in [2.45, 2.75) is 39.3 Å². The molecule has 134 valence electrons. The van der Waals surface area contributed by atoms with Gasteiger partial charge in [0.15, 0.2) is 0 Å². The number of nitrogens with zero attached hydrogens (tertiary/aromatic N) is 1. The van der Waals surface area contributed by atoms with Crippen LogP contribution in [0.1, 0.15) is 35.0 Å². The number of ether oxygens (including phenoxy) is 1. The normalized spacial score (nSPS) is 15.7. The lowest BCUT2D eigenvalue weighted by molar-refractivity contribution is 0.0938. The predicted molar refractivity (Wildman–Crippen MR) is 104 cm³/mol. The highest BCUT2D eigenvalue weighted by molar-refractivity contribution is 6.00. The number of hydrogen-bond donors (Lipinski definition) is 1. The number of carbonyl (C=O) groups excluding carboxylic acids is 1. The molecule has 0 spiro atoms. The van der Waals surface area contributed by atoms with Crippen molar-refractivity contribution in [3.8, 4) is 5.75 Å². The molecule has 1 N–H and O–H groups in total. The molecule has 0 radical (unpaired) electrons. The zero-order valence-corrected chi connectivity index (χ0v) is 15.3. The summed E-state index contributed by atoms with van der Waals surface area (Å²) in [5.41, 5.74) is 4.29. The molecule has 0 bridgehead atoms. The van der Waals surface area contributed by atoms with E-state index in [0.717, 1.165) is 41.7 Å². The molecule has 0 saturated carbocycles. The van der Waals surface area contributed by atoms with Crippen molar-refractivity contribution in [2.75, 3.05) is 6.54 Å². The number of benzene rings is 2. The quantitative estimate of drug-likeness (QED) is 0.754. The standard InChI is InChI=1S/C22H24N2O2/c1-3-18-14-24-19(13-17-9-6-10-20(26-18)21(17)24)22(25)23-12-11-16-8-5-4-7-15(16)2/h4-10,13,18H,3,11-12,14H2,1-2H3,(H,23,25)/t18-/m1/s1. The number of rotatable bonds is 5. The van der Waals surface area contributed by atoms with E-state index in [4.69, 9.17) is 4.74 Å². The van der Waals surface area contributed by atoms with Gasteiger partial charge in [-0.1, -0.05) is 43.3 Å². The van der Waals surface area contributed by atoms with E-state index in [1.54, 1.807) is 0 Å². The maximum atomic E-state index is 12.8. The molecule has 0 saturated heterocycles. The second-order valence-corrected chi connectivity index (χ2v) is 6.91. The minimum Gasteiger partial charge on any atom is -0.486 e. The van der Waals surface area contributed by atoms with Crippen LogP contribution in [0.2, 0.25) is 0 Å². The van der Waals surface area contributed by atoms with Gasteiger partial charge in [0, 0.05) is 11.9 Å².